The van der Waals surface area contributed by atoms with E-state index in [1.54, 1.807) is 0 Å². The van der Waals surface area contributed by atoms with Crippen LogP contribution in [0.3, 0.4) is 0 Å². The van der Waals surface area contributed by atoms with E-state index >= 15 is 0 Å². The van der Waals surface area contributed by atoms with E-state index in [4.69, 9.17) is 18.9 Å². The Hall–Kier alpha value is -1.19. The number of fused-ring (bicyclic) bond motifs is 7. The van der Waals surface area contributed by atoms with Gasteiger partial charge in [-0.3, -0.25) is 4.79 Å². The van der Waals surface area contributed by atoms with E-state index in [-0.39, 0.29) is 46.7 Å². The van der Waals surface area contributed by atoms with Crippen molar-refractivity contribution in [3.8, 4) is 0 Å². The second kappa shape index (κ2) is 13.5. The second-order valence-corrected chi connectivity index (χ2v) is 20.0. The van der Waals surface area contributed by atoms with Crippen LogP contribution in [0.5, 0.6) is 0 Å². The summed E-state index contributed by atoms with van der Waals surface area (Å²) in [6.45, 7) is 15.1. The Bertz CT molecular complexity index is 1440. The van der Waals surface area contributed by atoms with E-state index in [9.17, 15) is 40.5 Å². The molecular formula is C41H66O12. The lowest BCUT2D eigenvalue weighted by Crippen LogP contribution is -2.67. The highest BCUT2D eigenvalue weighted by atomic mass is 16.8. The van der Waals surface area contributed by atoms with Crippen molar-refractivity contribution < 1.29 is 59.5 Å². The Morgan fingerprint density at radius 2 is 1.53 bits per heavy atom. The number of carboxylic acid groups (broad SMARTS) is 1. The molecule has 7 N–H and O–H groups in total. The number of hydrogen-bond donors (Lipinski definition) is 7. The summed E-state index contributed by atoms with van der Waals surface area (Å²) in [6, 6.07) is 0. The third-order valence-electron chi connectivity index (χ3n) is 17.0. The topological polar surface area (TPSA) is 196 Å². The molecule has 0 radical (unpaired) electrons. The molecule has 12 nitrogen and oxygen atoms in total. The Balaban J connectivity index is 1.15. The minimum absolute atomic E-state index is 0.0360. The monoisotopic (exact) mass is 750 g/mol. The summed E-state index contributed by atoms with van der Waals surface area (Å²) in [5, 5.41) is 74.9. The van der Waals surface area contributed by atoms with Gasteiger partial charge in [-0.1, -0.05) is 53.2 Å². The van der Waals surface area contributed by atoms with Crippen LogP contribution in [0.4, 0.5) is 0 Å². The average Bonchev–Trinajstić information content (AvgIpc) is 3.10. The van der Waals surface area contributed by atoms with Gasteiger partial charge in [-0.15, -0.1) is 0 Å². The van der Waals surface area contributed by atoms with Gasteiger partial charge in [-0.25, -0.2) is 0 Å². The Kier molecular flexibility index (Phi) is 10.2. The number of ether oxygens (including phenoxy) is 4. The summed E-state index contributed by atoms with van der Waals surface area (Å²) >= 11 is 0. The third kappa shape index (κ3) is 5.85. The Morgan fingerprint density at radius 1 is 0.830 bits per heavy atom. The van der Waals surface area contributed by atoms with Crippen LogP contribution >= 0.6 is 0 Å². The summed E-state index contributed by atoms with van der Waals surface area (Å²) in [6.07, 6.45) is -1.79. The number of aliphatic carboxylic acids is 1. The fourth-order valence-corrected chi connectivity index (χ4v) is 13.3. The quantitative estimate of drug-likeness (QED) is 0.155. The lowest BCUT2D eigenvalue weighted by Gasteiger charge is -2.71. The van der Waals surface area contributed by atoms with Crippen LogP contribution in [0.25, 0.3) is 0 Å². The van der Waals surface area contributed by atoms with Gasteiger partial charge in [0.05, 0.1) is 30.8 Å². The molecule has 7 aliphatic rings. The van der Waals surface area contributed by atoms with Crippen molar-refractivity contribution in [1.29, 1.82) is 0 Å². The highest BCUT2D eigenvalue weighted by molar-refractivity contribution is 5.76. The predicted octanol–water partition coefficient (Wildman–Crippen LogP) is 3.52. The standard InChI is InChI=1S/C41H66O12/c1-21-28(44)30(46)31(47)33(51-21)53-32-29(45)24(43)19-50-34(32)52-27-11-12-37(4)25(38(27,5)20-42)10-13-40(7)26(37)9-8-22-23-18-36(2,3)14-16-41(23,35(48)49)17-15-39(22,40)6/h8,21,23-34,42-47H,9-20H2,1-7H3,(H,48,49)/t21-,23-,24+,25?,26-,27+,28-,29+,30+,31-,32-,33+,34+,37+,38+,39-,40-,41+/m1/s1. The number of aliphatic hydroxyl groups is 6. The van der Waals surface area contributed by atoms with Crippen LogP contribution in [-0.2, 0) is 23.7 Å². The first kappa shape index (κ1) is 40.0. The zero-order valence-electron chi connectivity index (χ0n) is 32.7. The van der Waals surface area contributed by atoms with Crippen molar-refractivity contribution in [2.45, 2.75) is 174 Å². The molecule has 7 rings (SSSR count). The maximum atomic E-state index is 13.0. The van der Waals surface area contributed by atoms with E-state index in [2.05, 4.69) is 47.6 Å². The van der Waals surface area contributed by atoms with E-state index in [1.807, 2.05) is 0 Å². The van der Waals surface area contributed by atoms with E-state index in [1.165, 1.54) is 12.5 Å². The molecular weight excluding hydrogens is 684 g/mol. The molecule has 2 heterocycles. The second-order valence-electron chi connectivity index (χ2n) is 20.0. The van der Waals surface area contributed by atoms with Gasteiger partial charge >= 0.3 is 5.97 Å². The molecule has 2 aliphatic heterocycles. The molecule has 0 amide bonds. The maximum absolute atomic E-state index is 13.0. The van der Waals surface area contributed by atoms with Gasteiger partial charge in [0.1, 0.15) is 36.6 Å². The van der Waals surface area contributed by atoms with Crippen LogP contribution in [0, 0.1) is 50.2 Å². The third-order valence-corrected chi connectivity index (χ3v) is 17.0. The summed E-state index contributed by atoms with van der Waals surface area (Å²) in [7, 11) is 0. The molecule has 1 unspecified atom stereocenters. The molecule has 12 heteroatoms. The van der Waals surface area contributed by atoms with Gasteiger partial charge in [0.2, 0.25) is 0 Å². The molecule has 2 saturated heterocycles. The number of allylic oxidation sites excluding steroid dienone is 2. The van der Waals surface area contributed by atoms with E-state index < -0.39 is 78.2 Å². The molecule has 0 aromatic carbocycles. The predicted molar refractivity (Wildman–Crippen MR) is 192 cm³/mol. The fraction of sp³-hybridized carbons (Fsp3) is 0.927. The minimum atomic E-state index is -1.62. The van der Waals surface area contributed by atoms with Gasteiger partial charge in [-0.05, 0) is 111 Å². The van der Waals surface area contributed by atoms with Gasteiger partial charge < -0.3 is 54.7 Å². The first-order chi connectivity index (χ1) is 24.7. The number of rotatable bonds is 6. The lowest BCUT2D eigenvalue weighted by atomic mass is 9.33. The van der Waals surface area contributed by atoms with Gasteiger partial charge in [-0.2, -0.15) is 0 Å². The van der Waals surface area contributed by atoms with Gasteiger partial charge in [0.15, 0.2) is 12.6 Å². The average molecular weight is 751 g/mol. The number of carbonyl (C=O) groups is 1. The summed E-state index contributed by atoms with van der Waals surface area (Å²) in [4.78, 5) is 13.0. The normalized spacial score (nSPS) is 55.1. The van der Waals surface area contributed by atoms with Gasteiger partial charge in [0.25, 0.3) is 0 Å². The SMILES string of the molecule is C[C@H]1O[C@@H](O[C@H]2[C@H](O[C@H]3CC[C@@]4(C)C(CC[C@]5(C)[C@@H]4CC=C4[C@H]6CC(C)(C)CC[C@]6(C(=O)O)CC[C@]45C)[C@]3(C)CO)OC[C@H](O)[C@@H]2O)[C@H](O)[C@@H](O)[C@@H]1O. The van der Waals surface area contributed by atoms with Crippen molar-refractivity contribution in [3.63, 3.8) is 0 Å². The lowest BCUT2D eigenvalue weighted by molar-refractivity contribution is -0.365. The molecule has 0 spiro atoms. The number of hydrogen-bond acceptors (Lipinski definition) is 11. The van der Waals surface area contributed by atoms with Crippen LogP contribution in [0.1, 0.15) is 113 Å². The van der Waals surface area contributed by atoms with Crippen LogP contribution in [-0.4, -0.2) is 116 Å². The highest BCUT2D eigenvalue weighted by Gasteiger charge is 2.70. The minimum Gasteiger partial charge on any atom is -0.481 e. The summed E-state index contributed by atoms with van der Waals surface area (Å²) in [5.41, 5.74) is -0.239. The van der Waals surface area contributed by atoms with E-state index in [0.29, 0.717) is 18.8 Å². The molecule has 0 bridgehead atoms. The first-order valence-electron chi connectivity index (χ1n) is 20.2. The zero-order chi connectivity index (χ0) is 38.7. The molecule has 53 heavy (non-hydrogen) atoms. The summed E-state index contributed by atoms with van der Waals surface area (Å²) < 4.78 is 24.3. The van der Waals surface area contributed by atoms with Crippen molar-refractivity contribution in [3.05, 3.63) is 11.6 Å². The Morgan fingerprint density at radius 3 is 2.21 bits per heavy atom. The van der Waals surface area contributed by atoms with Crippen molar-refractivity contribution >= 4 is 5.97 Å². The van der Waals surface area contributed by atoms with Crippen molar-refractivity contribution in [2.75, 3.05) is 13.2 Å². The molecule has 302 valence electrons. The highest BCUT2D eigenvalue weighted by Crippen LogP contribution is 2.76. The van der Waals surface area contributed by atoms with Crippen molar-refractivity contribution in [1.82, 2.24) is 0 Å². The maximum Gasteiger partial charge on any atom is 0.310 e. The van der Waals surface area contributed by atoms with Crippen LogP contribution in [0.2, 0.25) is 0 Å². The van der Waals surface area contributed by atoms with Crippen LogP contribution < -0.4 is 0 Å². The summed E-state index contributed by atoms with van der Waals surface area (Å²) in [5.74, 6) is -0.194. The molecule has 5 aliphatic carbocycles. The van der Waals surface area contributed by atoms with Gasteiger partial charge in [0, 0.05) is 5.41 Å². The molecule has 6 fully saturated rings. The molecule has 0 aromatic heterocycles. The number of carboxylic acids is 1. The first-order valence-corrected chi connectivity index (χ1v) is 20.2. The number of aliphatic hydroxyl groups excluding tert-OH is 6. The fourth-order valence-electron chi connectivity index (χ4n) is 13.3. The Labute approximate surface area is 314 Å². The zero-order valence-corrected chi connectivity index (χ0v) is 32.7. The largest absolute Gasteiger partial charge is 0.481 e. The molecule has 4 saturated carbocycles. The smallest absolute Gasteiger partial charge is 0.310 e. The molecule has 0 aromatic rings. The van der Waals surface area contributed by atoms with Crippen molar-refractivity contribution in [2.24, 2.45) is 50.2 Å². The molecule has 18 atom stereocenters. The van der Waals surface area contributed by atoms with Crippen LogP contribution in [0.15, 0.2) is 11.6 Å². The van der Waals surface area contributed by atoms with E-state index in [0.717, 1.165) is 51.4 Å².